The molecule has 2 N–H and O–H groups in total. The first-order chi connectivity index (χ1) is 16.4. The van der Waals surface area contributed by atoms with Crippen LogP contribution in [0.15, 0.2) is 36.5 Å². The van der Waals surface area contributed by atoms with Gasteiger partial charge in [-0.05, 0) is 44.0 Å². The Morgan fingerprint density at radius 2 is 1.71 bits per heavy atom. The van der Waals surface area contributed by atoms with E-state index in [0.29, 0.717) is 24.2 Å². The first kappa shape index (κ1) is 24.1. The largest absolute Gasteiger partial charge is 0.433 e. The second kappa shape index (κ2) is 8.64. The van der Waals surface area contributed by atoms with Crippen molar-refractivity contribution < 1.29 is 26.3 Å². The van der Waals surface area contributed by atoms with Gasteiger partial charge < -0.3 is 10.6 Å². The lowest BCUT2D eigenvalue weighted by atomic mass is 10.0. The van der Waals surface area contributed by atoms with Gasteiger partial charge >= 0.3 is 12.4 Å². The lowest BCUT2D eigenvalue weighted by molar-refractivity contribution is -0.141. The molecule has 1 aliphatic carbocycles. The van der Waals surface area contributed by atoms with Crippen LogP contribution in [0.1, 0.15) is 31.2 Å². The smallest absolute Gasteiger partial charge is 0.343 e. The van der Waals surface area contributed by atoms with E-state index in [9.17, 15) is 31.6 Å². The highest BCUT2D eigenvalue weighted by Gasteiger charge is 2.46. The Kier molecular flexibility index (Phi) is 5.95. The number of hydrogen-bond donors (Lipinski definition) is 2. The Bertz CT molecular complexity index is 1280. The normalized spacial score (nSPS) is 15.7. The summed E-state index contributed by atoms with van der Waals surface area (Å²) < 4.78 is 78.5. The Hall–Kier alpha value is -4.02. The van der Waals surface area contributed by atoms with Gasteiger partial charge in [0, 0.05) is 11.9 Å². The molecule has 0 bridgehead atoms. The molecule has 3 aromatic rings. The van der Waals surface area contributed by atoms with E-state index in [0.717, 1.165) is 19.1 Å². The van der Waals surface area contributed by atoms with E-state index in [1.807, 2.05) is 0 Å². The SMILES string of the molecule is C[C@H](Nc1nc(Nc2ccnc(C3(C#N)CC3)c2)nc(-c2cccc(C(F)(F)F)n2)n1)C(F)(F)F. The molecular weight excluding hydrogens is 478 g/mol. The molecule has 3 aromatic heterocycles. The van der Waals surface area contributed by atoms with E-state index in [-0.39, 0.29) is 17.5 Å². The first-order valence-corrected chi connectivity index (χ1v) is 10.2. The number of nitrogens with zero attached hydrogens (tertiary/aromatic N) is 6. The maximum Gasteiger partial charge on any atom is 0.433 e. The highest BCUT2D eigenvalue weighted by molar-refractivity contribution is 5.60. The van der Waals surface area contributed by atoms with Crippen molar-refractivity contribution in [2.45, 2.75) is 43.6 Å². The van der Waals surface area contributed by atoms with Crippen molar-refractivity contribution in [1.82, 2.24) is 24.9 Å². The molecule has 3 heterocycles. The highest BCUT2D eigenvalue weighted by Crippen LogP contribution is 2.47. The third kappa shape index (κ3) is 5.39. The van der Waals surface area contributed by atoms with Crippen LogP contribution in [-0.2, 0) is 11.6 Å². The summed E-state index contributed by atoms with van der Waals surface area (Å²) in [5.41, 5.74) is -1.35. The molecule has 0 spiro atoms. The molecule has 4 rings (SSSR count). The topological polar surface area (TPSA) is 112 Å². The zero-order valence-electron chi connectivity index (χ0n) is 17.9. The van der Waals surface area contributed by atoms with E-state index in [1.54, 1.807) is 6.07 Å². The minimum atomic E-state index is -4.75. The zero-order valence-corrected chi connectivity index (χ0v) is 17.9. The van der Waals surface area contributed by atoms with Crippen LogP contribution in [0.25, 0.3) is 11.5 Å². The number of rotatable bonds is 6. The van der Waals surface area contributed by atoms with Gasteiger partial charge in [0.05, 0.1) is 17.2 Å². The van der Waals surface area contributed by atoms with Crippen molar-refractivity contribution in [1.29, 1.82) is 5.26 Å². The summed E-state index contributed by atoms with van der Waals surface area (Å²) in [6.45, 7) is 0.838. The second-order valence-electron chi connectivity index (χ2n) is 7.87. The summed E-state index contributed by atoms with van der Waals surface area (Å²) in [6.07, 6.45) is -6.66. The molecule has 1 aliphatic rings. The molecular formula is C21H16F6N8. The number of nitrogens with one attached hydrogen (secondary N) is 2. The molecule has 1 atom stereocenters. The van der Waals surface area contributed by atoms with Crippen LogP contribution >= 0.6 is 0 Å². The minimum Gasteiger partial charge on any atom is -0.343 e. The van der Waals surface area contributed by atoms with Gasteiger partial charge in [-0.3, -0.25) is 4.98 Å². The van der Waals surface area contributed by atoms with Crippen LogP contribution in [0.2, 0.25) is 0 Å². The van der Waals surface area contributed by atoms with Gasteiger partial charge in [-0.2, -0.15) is 46.6 Å². The average Bonchev–Trinajstić information content (AvgIpc) is 3.59. The van der Waals surface area contributed by atoms with Crippen molar-refractivity contribution >= 4 is 17.6 Å². The summed E-state index contributed by atoms with van der Waals surface area (Å²) in [7, 11) is 0. The molecule has 1 saturated carbocycles. The van der Waals surface area contributed by atoms with Crippen molar-refractivity contribution in [3.63, 3.8) is 0 Å². The fourth-order valence-electron chi connectivity index (χ4n) is 3.05. The number of halogens is 6. The van der Waals surface area contributed by atoms with Gasteiger partial charge in [-0.1, -0.05) is 6.07 Å². The fourth-order valence-corrected chi connectivity index (χ4v) is 3.05. The number of anilines is 3. The molecule has 0 aliphatic heterocycles. The van der Waals surface area contributed by atoms with Crippen LogP contribution < -0.4 is 10.6 Å². The number of nitriles is 1. The van der Waals surface area contributed by atoms with Gasteiger partial charge in [-0.25, -0.2) is 4.98 Å². The standard InChI is InChI=1S/C21H16F6N8/c1-11(20(22,23)24)30-17-33-16(13-3-2-4-14(32-13)21(25,26)27)34-18(35-17)31-12-5-8-29-15(9-12)19(10-28)6-7-19/h2-5,8-9,11H,6-7H2,1H3,(H2,29,30,31,33,34,35)/t11-/m0/s1. The van der Waals surface area contributed by atoms with E-state index in [1.165, 1.54) is 18.3 Å². The number of alkyl halides is 6. The summed E-state index contributed by atoms with van der Waals surface area (Å²) in [5, 5.41) is 14.3. The summed E-state index contributed by atoms with van der Waals surface area (Å²) in [4.78, 5) is 19.5. The molecule has 0 aromatic carbocycles. The summed E-state index contributed by atoms with van der Waals surface area (Å²) in [6, 6.07) is 6.27. The number of pyridine rings is 2. The average molecular weight is 494 g/mol. The molecule has 182 valence electrons. The molecule has 0 saturated heterocycles. The van der Waals surface area contributed by atoms with Gasteiger partial charge in [0.25, 0.3) is 0 Å². The second-order valence-corrected chi connectivity index (χ2v) is 7.87. The predicted molar refractivity (Wildman–Crippen MR) is 111 cm³/mol. The van der Waals surface area contributed by atoms with E-state index < -0.39 is 35.5 Å². The van der Waals surface area contributed by atoms with Crippen LogP contribution in [0.5, 0.6) is 0 Å². The summed E-state index contributed by atoms with van der Waals surface area (Å²) in [5.74, 6) is -1.15. The molecule has 0 amide bonds. The van der Waals surface area contributed by atoms with Crippen molar-refractivity contribution in [3.8, 4) is 17.6 Å². The maximum atomic E-state index is 13.1. The lowest BCUT2D eigenvalue weighted by Gasteiger charge is -2.18. The minimum absolute atomic E-state index is 0.245. The van der Waals surface area contributed by atoms with Gasteiger partial charge in [0.2, 0.25) is 11.9 Å². The van der Waals surface area contributed by atoms with Crippen LogP contribution in [-0.4, -0.2) is 37.1 Å². The maximum absolute atomic E-state index is 13.1. The lowest BCUT2D eigenvalue weighted by Crippen LogP contribution is -2.34. The number of aromatic nitrogens is 5. The van der Waals surface area contributed by atoms with Crippen molar-refractivity contribution in [2.24, 2.45) is 0 Å². The third-order valence-electron chi connectivity index (χ3n) is 5.21. The quantitative estimate of drug-likeness (QED) is 0.460. The van der Waals surface area contributed by atoms with Gasteiger partial charge in [0.1, 0.15) is 17.4 Å². The number of hydrogen-bond acceptors (Lipinski definition) is 8. The van der Waals surface area contributed by atoms with Crippen LogP contribution in [0.4, 0.5) is 43.9 Å². The zero-order chi connectivity index (χ0) is 25.4. The predicted octanol–water partition coefficient (Wildman–Crippen LogP) is 5.01. The molecule has 0 radical (unpaired) electrons. The van der Waals surface area contributed by atoms with E-state index in [2.05, 4.69) is 41.6 Å². The molecule has 8 nitrogen and oxygen atoms in total. The van der Waals surface area contributed by atoms with Crippen LogP contribution in [0.3, 0.4) is 0 Å². The van der Waals surface area contributed by atoms with Gasteiger partial charge in [0.15, 0.2) is 5.82 Å². The Morgan fingerprint density at radius 1 is 1.00 bits per heavy atom. The fraction of sp³-hybridized carbons (Fsp3) is 0.333. The summed E-state index contributed by atoms with van der Waals surface area (Å²) >= 11 is 0. The molecule has 14 heteroatoms. The molecule has 0 unspecified atom stereocenters. The molecule has 35 heavy (non-hydrogen) atoms. The Balaban J connectivity index is 1.72. The van der Waals surface area contributed by atoms with Crippen molar-refractivity contribution in [3.05, 3.63) is 47.9 Å². The van der Waals surface area contributed by atoms with E-state index >= 15 is 0 Å². The highest BCUT2D eigenvalue weighted by atomic mass is 19.4. The first-order valence-electron chi connectivity index (χ1n) is 10.2. The monoisotopic (exact) mass is 494 g/mol. The van der Waals surface area contributed by atoms with Gasteiger partial charge in [-0.15, -0.1) is 0 Å². The Morgan fingerprint density at radius 3 is 2.34 bits per heavy atom. The van der Waals surface area contributed by atoms with Crippen molar-refractivity contribution in [2.75, 3.05) is 10.6 Å². The Labute approximate surface area is 194 Å². The van der Waals surface area contributed by atoms with E-state index in [4.69, 9.17) is 0 Å². The third-order valence-corrected chi connectivity index (χ3v) is 5.21. The van der Waals surface area contributed by atoms with Crippen LogP contribution in [0, 0.1) is 11.3 Å². The molecule has 1 fully saturated rings.